The third kappa shape index (κ3) is 6.94. The van der Waals surface area contributed by atoms with Gasteiger partial charge in [-0.05, 0) is 55.7 Å². The summed E-state index contributed by atoms with van der Waals surface area (Å²) in [4.78, 5) is 35.7. The Hall–Kier alpha value is -2.80. The molecular weight excluding hydrogens is 388 g/mol. The van der Waals surface area contributed by atoms with Gasteiger partial charge in [-0.25, -0.2) is 0 Å². The molecule has 0 bridgehead atoms. The molecule has 6 nitrogen and oxygen atoms in total. The van der Waals surface area contributed by atoms with Gasteiger partial charge in [-0.3, -0.25) is 14.4 Å². The summed E-state index contributed by atoms with van der Waals surface area (Å²) in [6, 6.07) is 13.1. The quantitative estimate of drug-likeness (QED) is 0.526. The first-order valence-electron chi connectivity index (χ1n) is 9.47. The molecule has 0 fully saturated rings. The molecule has 0 aromatic heterocycles. The Labute approximate surface area is 175 Å². The van der Waals surface area contributed by atoms with Crippen molar-refractivity contribution in [2.75, 3.05) is 10.6 Å². The Bertz CT molecular complexity index is 881. The van der Waals surface area contributed by atoms with Crippen LogP contribution in [0.3, 0.4) is 0 Å². The van der Waals surface area contributed by atoms with E-state index < -0.39 is 5.97 Å². The highest BCUT2D eigenvalue weighted by molar-refractivity contribution is 8.00. The fraction of sp³-hybridized carbons (Fsp3) is 0.318. The molecule has 0 radical (unpaired) electrons. The molecule has 0 aliphatic heterocycles. The Morgan fingerprint density at radius 2 is 1.72 bits per heavy atom. The van der Waals surface area contributed by atoms with Crippen LogP contribution >= 0.6 is 11.8 Å². The second-order valence-electron chi connectivity index (χ2n) is 6.68. The van der Waals surface area contributed by atoms with E-state index in [1.54, 1.807) is 12.1 Å². The van der Waals surface area contributed by atoms with Gasteiger partial charge in [0.2, 0.25) is 11.8 Å². The summed E-state index contributed by atoms with van der Waals surface area (Å²) in [7, 11) is 0. The number of para-hydroxylation sites is 1. The number of carboxylic acids is 1. The number of anilines is 2. The van der Waals surface area contributed by atoms with Crippen molar-refractivity contribution in [3.8, 4) is 0 Å². The third-order valence-electron chi connectivity index (χ3n) is 4.37. The lowest BCUT2D eigenvalue weighted by molar-refractivity contribution is -0.138. The highest BCUT2D eigenvalue weighted by Gasteiger charge is 2.17. The van der Waals surface area contributed by atoms with E-state index in [4.69, 9.17) is 5.11 Å². The monoisotopic (exact) mass is 414 g/mol. The molecular formula is C22H26N2O4S. The molecule has 0 spiro atoms. The van der Waals surface area contributed by atoms with Gasteiger partial charge in [0.25, 0.3) is 0 Å². The zero-order valence-electron chi connectivity index (χ0n) is 16.8. The summed E-state index contributed by atoms with van der Waals surface area (Å²) in [5.41, 5.74) is 3.62. The fourth-order valence-electron chi connectivity index (χ4n) is 2.75. The normalized spacial score (nSPS) is 11.6. The van der Waals surface area contributed by atoms with Gasteiger partial charge in [0.15, 0.2) is 0 Å². The predicted molar refractivity (Wildman–Crippen MR) is 116 cm³/mol. The summed E-state index contributed by atoms with van der Waals surface area (Å²) in [5.74, 6) is -1.41. The molecule has 0 heterocycles. The number of carbonyl (C=O) groups excluding carboxylic acids is 2. The summed E-state index contributed by atoms with van der Waals surface area (Å²) in [5, 5.41) is 14.0. The maximum absolute atomic E-state index is 12.6. The largest absolute Gasteiger partial charge is 0.481 e. The van der Waals surface area contributed by atoms with Gasteiger partial charge >= 0.3 is 5.97 Å². The summed E-state index contributed by atoms with van der Waals surface area (Å²) in [6.45, 7) is 5.89. The van der Waals surface area contributed by atoms with Crippen LogP contribution in [0, 0.1) is 6.92 Å². The molecule has 3 N–H and O–H groups in total. The van der Waals surface area contributed by atoms with Crippen molar-refractivity contribution in [3.63, 3.8) is 0 Å². The Balaban J connectivity index is 1.93. The minimum Gasteiger partial charge on any atom is -0.481 e. The van der Waals surface area contributed by atoms with Gasteiger partial charge in [-0.1, -0.05) is 25.1 Å². The highest BCUT2D eigenvalue weighted by atomic mass is 32.2. The van der Waals surface area contributed by atoms with E-state index in [0.717, 1.165) is 28.1 Å². The first-order valence-corrected chi connectivity index (χ1v) is 10.4. The number of carbonyl (C=O) groups is 3. The number of amides is 2. The fourth-order valence-corrected chi connectivity index (χ4v) is 3.61. The van der Waals surface area contributed by atoms with Crippen LogP contribution in [0.4, 0.5) is 11.4 Å². The molecule has 0 aliphatic carbocycles. The molecule has 2 aromatic carbocycles. The molecule has 29 heavy (non-hydrogen) atoms. The zero-order chi connectivity index (χ0) is 21.4. The standard InChI is InChI=1S/C22H26N2O4S/c1-4-16-7-5-6-14(2)21(16)24-22(28)15(3)29-18-10-8-17(9-11-18)23-19(25)12-13-20(26)27/h5-11,15H,4,12-13H2,1-3H3,(H,23,25)(H,24,28)(H,26,27)/t15-/m0/s1. The van der Waals surface area contributed by atoms with E-state index in [-0.39, 0.29) is 29.9 Å². The number of carboxylic acid groups (broad SMARTS) is 1. The van der Waals surface area contributed by atoms with Crippen molar-refractivity contribution in [1.29, 1.82) is 0 Å². The lowest BCUT2D eigenvalue weighted by Gasteiger charge is -2.16. The van der Waals surface area contributed by atoms with E-state index >= 15 is 0 Å². The van der Waals surface area contributed by atoms with E-state index in [2.05, 4.69) is 17.6 Å². The van der Waals surface area contributed by atoms with Crippen molar-refractivity contribution in [2.45, 2.75) is 50.2 Å². The zero-order valence-corrected chi connectivity index (χ0v) is 17.6. The number of thioether (sulfide) groups is 1. The minimum atomic E-state index is -1.00. The molecule has 0 saturated heterocycles. The van der Waals surface area contributed by atoms with Crippen LogP contribution < -0.4 is 10.6 Å². The van der Waals surface area contributed by atoms with Gasteiger partial charge in [0, 0.05) is 22.7 Å². The Morgan fingerprint density at radius 1 is 1.03 bits per heavy atom. The Kier molecular flexibility index (Phi) is 8.27. The number of aryl methyl sites for hydroxylation is 2. The summed E-state index contributed by atoms with van der Waals surface area (Å²) >= 11 is 1.43. The first kappa shape index (κ1) is 22.5. The van der Waals surface area contributed by atoms with E-state index in [0.29, 0.717) is 5.69 Å². The SMILES string of the molecule is CCc1cccc(C)c1NC(=O)[C@H](C)Sc1ccc(NC(=O)CCC(=O)O)cc1. The van der Waals surface area contributed by atoms with E-state index in [1.165, 1.54) is 11.8 Å². The molecule has 7 heteroatoms. The molecule has 0 aliphatic rings. The van der Waals surface area contributed by atoms with Crippen LogP contribution in [0.2, 0.25) is 0 Å². The van der Waals surface area contributed by atoms with Crippen LogP contribution in [0.1, 0.15) is 37.8 Å². The van der Waals surface area contributed by atoms with Crippen LogP contribution in [0.5, 0.6) is 0 Å². The van der Waals surface area contributed by atoms with Crippen molar-refractivity contribution in [1.82, 2.24) is 0 Å². The lowest BCUT2D eigenvalue weighted by atomic mass is 10.1. The maximum Gasteiger partial charge on any atom is 0.303 e. The number of hydrogen-bond acceptors (Lipinski definition) is 4. The van der Waals surface area contributed by atoms with Gasteiger partial charge in [-0.2, -0.15) is 0 Å². The van der Waals surface area contributed by atoms with Crippen molar-refractivity contribution in [2.24, 2.45) is 0 Å². The van der Waals surface area contributed by atoms with Crippen molar-refractivity contribution < 1.29 is 19.5 Å². The smallest absolute Gasteiger partial charge is 0.303 e. The molecule has 2 amide bonds. The average molecular weight is 415 g/mol. The van der Waals surface area contributed by atoms with Crippen LogP contribution in [0.15, 0.2) is 47.4 Å². The topological polar surface area (TPSA) is 95.5 Å². The van der Waals surface area contributed by atoms with Gasteiger partial charge in [0.05, 0.1) is 11.7 Å². The van der Waals surface area contributed by atoms with E-state index in [9.17, 15) is 14.4 Å². The number of nitrogens with one attached hydrogen (secondary N) is 2. The molecule has 2 rings (SSSR count). The second kappa shape index (κ2) is 10.7. The third-order valence-corrected chi connectivity index (χ3v) is 5.49. The summed E-state index contributed by atoms with van der Waals surface area (Å²) < 4.78 is 0. The highest BCUT2D eigenvalue weighted by Crippen LogP contribution is 2.27. The second-order valence-corrected chi connectivity index (χ2v) is 8.09. The number of rotatable bonds is 9. The Morgan fingerprint density at radius 3 is 2.34 bits per heavy atom. The molecule has 0 unspecified atom stereocenters. The van der Waals surface area contributed by atoms with Crippen LogP contribution in [-0.2, 0) is 20.8 Å². The van der Waals surface area contributed by atoms with Crippen molar-refractivity contribution >= 4 is 40.9 Å². The number of aliphatic carboxylic acids is 1. The van der Waals surface area contributed by atoms with Gasteiger partial charge in [-0.15, -0.1) is 11.8 Å². The minimum absolute atomic E-state index is 0.0648. The van der Waals surface area contributed by atoms with E-state index in [1.807, 2.05) is 44.2 Å². The van der Waals surface area contributed by atoms with Crippen LogP contribution in [-0.4, -0.2) is 28.1 Å². The first-order chi connectivity index (χ1) is 13.8. The van der Waals surface area contributed by atoms with Gasteiger partial charge < -0.3 is 15.7 Å². The lowest BCUT2D eigenvalue weighted by Crippen LogP contribution is -2.23. The predicted octanol–water partition coefficient (Wildman–Crippen LogP) is 4.48. The maximum atomic E-state index is 12.6. The van der Waals surface area contributed by atoms with Crippen molar-refractivity contribution in [3.05, 3.63) is 53.6 Å². The number of hydrogen-bond donors (Lipinski definition) is 3. The number of benzene rings is 2. The molecule has 0 saturated carbocycles. The summed E-state index contributed by atoms with van der Waals surface area (Å²) in [6.07, 6.45) is 0.577. The average Bonchev–Trinajstić information content (AvgIpc) is 2.69. The molecule has 2 aromatic rings. The molecule has 1 atom stereocenters. The van der Waals surface area contributed by atoms with Gasteiger partial charge in [0.1, 0.15) is 0 Å². The van der Waals surface area contributed by atoms with Crippen LogP contribution in [0.25, 0.3) is 0 Å². The molecule has 154 valence electrons.